The number of pyridine rings is 1. The van der Waals surface area contributed by atoms with Crippen molar-refractivity contribution >= 4 is 21.1 Å². The molecule has 0 radical (unpaired) electrons. The molecule has 3 aliphatic rings. The van der Waals surface area contributed by atoms with E-state index in [-0.39, 0.29) is 23.4 Å². The summed E-state index contributed by atoms with van der Waals surface area (Å²) in [5.74, 6) is 1.35. The molecule has 2 bridgehead atoms. The summed E-state index contributed by atoms with van der Waals surface area (Å²) in [6.07, 6.45) is 10.6. The maximum Gasteiger partial charge on any atom is 0.217 e. The van der Waals surface area contributed by atoms with Gasteiger partial charge in [0.1, 0.15) is 5.75 Å². The van der Waals surface area contributed by atoms with Crippen LogP contribution in [0.4, 0.5) is 0 Å². The van der Waals surface area contributed by atoms with Crippen LogP contribution >= 0.6 is 0 Å². The molecule has 31 heavy (non-hydrogen) atoms. The van der Waals surface area contributed by atoms with Crippen molar-refractivity contribution in [3.63, 3.8) is 0 Å². The number of sulfonamides is 1. The summed E-state index contributed by atoms with van der Waals surface area (Å²) in [6.45, 7) is 1.91. The van der Waals surface area contributed by atoms with Gasteiger partial charge in [0.05, 0.1) is 22.5 Å². The predicted octanol–water partition coefficient (Wildman–Crippen LogP) is 3.59. The first-order chi connectivity index (χ1) is 15.0. The number of aromatic nitrogens is 4. The van der Waals surface area contributed by atoms with Gasteiger partial charge in [-0.3, -0.25) is 4.98 Å². The van der Waals surface area contributed by atoms with Gasteiger partial charge in [0.2, 0.25) is 10.0 Å². The molecule has 0 unspecified atom stereocenters. The Labute approximate surface area is 181 Å². The molecule has 6 rings (SSSR count). The van der Waals surface area contributed by atoms with Crippen molar-refractivity contribution in [2.45, 2.75) is 68.8 Å². The highest BCUT2D eigenvalue weighted by molar-refractivity contribution is 7.90. The number of nitrogens with zero attached hydrogens (tertiary/aromatic N) is 5. The van der Waals surface area contributed by atoms with E-state index in [1.165, 1.54) is 0 Å². The lowest BCUT2D eigenvalue weighted by atomic mass is 9.99. The van der Waals surface area contributed by atoms with Crippen molar-refractivity contribution in [1.29, 1.82) is 0 Å². The zero-order valence-electron chi connectivity index (χ0n) is 17.4. The third kappa shape index (κ3) is 3.13. The lowest BCUT2D eigenvalue weighted by Crippen LogP contribution is -2.48. The lowest BCUT2D eigenvalue weighted by Gasteiger charge is -2.38. The fraction of sp³-hybridized carbons (Fsp3) is 0.500. The summed E-state index contributed by atoms with van der Waals surface area (Å²) >= 11 is 0. The average Bonchev–Trinajstić information content (AvgIpc) is 3.48. The molecule has 3 fully saturated rings. The molecule has 5 heterocycles. The standard InChI is InChI=1S/C22H25N5O3S/c1-14-20(3-2-9-23-14)30-21-13-24-25-22-19(21)8-10-26(22)17-11-15-4-5-16(12-17)27(15)31(28,29)18-6-7-18/h2-3,8-10,13,15-18H,4-7,11-12H2,1H3/t15-,16-/m0/s1. The molecular formula is C22H25N5O3S. The van der Waals surface area contributed by atoms with Crippen molar-refractivity contribution in [3.05, 3.63) is 42.5 Å². The van der Waals surface area contributed by atoms with Gasteiger partial charge in [-0.15, -0.1) is 5.10 Å². The van der Waals surface area contributed by atoms with E-state index in [4.69, 9.17) is 4.74 Å². The van der Waals surface area contributed by atoms with Crippen LogP contribution in [0.2, 0.25) is 0 Å². The van der Waals surface area contributed by atoms with Crippen LogP contribution in [0.25, 0.3) is 11.0 Å². The number of hydrogen-bond acceptors (Lipinski definition) is 6. The monoisotopic (exact) mass is 439 g/mol. The third-order valence-corrected chi connectivity index (χ3v) is 9.43. The van der Waals surface area contributed by atoms with Crippen LogP contribution in [0.3, 0.4) is 0 Å². The van der Waals surface area contributed by atoms with E-state index in [0.29, 0.717) is 11.5 Å². The zero-order valence-corrected chi connectivity index (χ0v) is 18.2. The number of fused-ring (bicyclic) bond motifs is 3. The number of rotatable bonds is 5. The van der Waals surface area contributed by atoms with Crippen LogP contribution < -0.4 is 4.74 Å². The molecule has 8 nitrogen and oxygen atoms in total. The highest BCUT2D eigenvalue weighted by atomic mass is 32.2. The molecule has 162 valence electrons. The fourth-order valence-corrected chi connectivity index (χ4v) is 7.59. The van der Waals surface area contributed by atoms with E-state index in [1.807, 2.05) is 35.6 Å². The summed E-state index contributed by atoms with van der Waals surface area (Å²) in [4.78, 5) is 4.28. The van der Waals surface area contributed by atoms with Gasteiger partial charge in [-0.2, -0.15) is 9.40 Å². The van der Waals surface area contributed by atoms with Crippen LogP contribution in [0.5, 0.6) is 11.5 Å². The maximum absolute atomic E-state index is 12.9. The van der Waals surface area contributed by atoms with Crippen LogP contribution in [-0.2, 0) is 10.0 Å². The first kappa shape index (κ1) is 19.2. The number of ether oxygens (including phenoxy) is 1. The Balaban J connectivity index is 1.30. The van der Waals surface area contributed by atoms with Gasteiger partial charge >= 0.3 is 0 Å². The molecule has 9 heteroatoms. The second-order valence-electron chi connectivity index (χ2n) is 8.94. The molecule has 3 aromatic rings. The van der Waals surface area contributed by atoms with Crippen molar-refractivity contribution in [2.24, 2.45) is 0 Å². The first-order valence-electron chi connectivity index (χ1n) is 11.0. The molecule has 1 aliphatic carbocycles. The van der Waals surface area contributed by atoms with Crippen LogP contribution in [-0.4, -0.2) is 49.8 Å². The van der Waals surface area contributed by atoms with E-state index >= 15 is 0 Å². The average molecular weight is 440 g/mol. The van der Waals surface area contributed by atoms with E-state index < -0.39 is 10.0 Å². The molecule has 2 atom stereocenters. The highest BCUT2D eigenvalue weighted by Gasteiger charge is 2.51. The topological polar surface area (TPSA) is 90.2 Å². The summed E-state index contributed by atoms with van der Waals surface area (Å²) in [7, 11) is -3.13. The van der Waals surface area contributed by atoms with E-state index in [9.17, 15) is 8.42 Å². The molecule has 0 aromatic carbocycles. The van der Waals surface area contributed by atoms with Crippen LogP contribution in [0.15, 0.2) is 36.8 Å². The third-order valence-electron chi connectivity index (χ3n) is 6.93. The van der Waals surface area contributed by atoms with E-state index in [1.54, 1.807) is 12.4 Å². The Morgan fingerprint density at radius 3 is 2.52 bits per heavy atom. The number of hydrogen-bond donors (Lipinski definition) is 0. The zero-order chi connectivity index (χ0) is 21.2. The molecule has 0 amide bonds. The number of aryl methyl sites for hydroxylation is 1. The van der Waals surface area contributed by atoms with Gasteiger partial charge < -0.3 is 9.30 Å². The van der Waals surface area contributed by atoms with Gasteiger partial charge in [0, 0.05) is 30.5 Å². The van der Waals surface area contributed by atoms with Gasteiger partial charge in [-0.05, 0) is 63.6 Å². The summed E-state index contributed by atoms with van der Waals surface area (Å²) < 4.78 is 36.0. The van der Waals surface area contributed by atoms with Gasteiger partial charge in [0.25, 0.3) is 0 Å². The lowest BCUT2D eigenvalue weighted by molar-refractivity contribution is 0.195. The quantitative estimate of drug-likeness (QED) is 0.604. The highest BCUT2D eigenvalue weighted by Crippen LogP contribution is 2.46. The summed E-state index contributed by atoms with van der Waals surface area (Å²) in [6, 6.07) is 6.15. The molecule has 3 aromatic heterocycles. The van der Waals surface area contributed by atoms with Gasteiger partial charge in [0.15, 0.2) is 11.4 Å². The van der Waals surface area contributed by atoms with Crippen molar-refractivity contribution in [2.75, 3.05) is 0 Å². The Morgan fingerprint density at radius 2 is 1.81 bits per heavy atom. The van der Waals surface area contributed by atoms with Crippen molar-refractivity contribution < 1.29 is 13.2 Å². The normalized spacial score (nSPS) is 26.4. The smallest absolute Gasteiger partial charge is 0.217 e. The minimum atomic E-state index is -3.13. The molecule has 0 spiro atoms. The Hall–Kier alpha value is -2.52. The minimum Gasteiger partial charge on any atom is -0.453 e. The Kier molecular flexibility index (Phi) is 4.33. The van der Waals surface area contributed by atoms with E-state index in [2.05, 4.69) is 19.7 Å². The molecule has 0 N–H and O–H groups in total. The number of piperidine rings is 1. The van der Waals surface area contributed by atoms with Crippen molar-refractivity contribution in [1.82, 2.24) is 24.1 Å². The molecule has 1 saturated carbocycles. The Bertz CT molecular complexity index is 1240. The molecular weight excluding hydrogens is 414 g/mol. The largest absolute Gasteiger partial charge is 0.453 e. The van der Waals surface area contributed by atoms with Crippen LogP contribution in [0.1, 0.15) is 50.3 Å². The van der Waals surface area contributed by atoms with Gasteiger partial charge in [-0.25, -0.2) is 8.42 Å². The van der Waals surface area contributed by atoms with E-state index in [0.717, 1.165) is 55.3 Å². The van der Waals surface area contributed by atoms with Crippen molar-refractivity contribution in [3.8, 4) is 11.5 Å². The predicted molar refractivity (Wildman–Crippen MR) is 115 cm³/mol. The second kappa shape index (κ2) is 7.00. The minimum absolute atomic E-state index is 0.0947. The fourth-order valence-electron chi connectivity index (χ4n) is 5.30. The van der Waals surface area contributed by atoms with Gasteiger partial charge in [-0.1, -0.05) is 0 Å². The second-order valence-corrected chi connectivity index (χ2v) is 11.1. The summed E-state index contributed by atoms with van der Waals surface area (Å²) in [5.41, 5.74) is 1.59. The molecule has 2 saturated heterocycles. The first-order valence-corrected chi connectivity index (χ1v) is 12.5. The summed E-state index contributed by atoms with van der Waals surface area (Å²) in [5, 5.41) is 9.35. The molecule has 2 aliphatic heterocycles. The van der Waals surface area contributed by atoms with Crippen LogP contribution in [0, 0.1) is 6.92 Å². The Morgan fingerprint density at radius 1 is 1.03 bits per heavy atom. The SMILES string of the molecule is Cc1ncccc1Oc1cnnc2c1ccn2C1C[C@@H]2CC[C@@H](C1)N2S(=O)(=O)C1CC1. The maximum atomic E-state index is 12.9.